The van der Waals surface area contributed by atoms with Crippen molar-refractivity contribution in [3.05, 3.63) is 96.2 Å². The van der Waals surface area contributed by atoms with Gasteiger partial charge in [0.05, 0.1) is 24.5 Å². The van der Waals surface area contributed by atoms with Crippen LogP contribution in [0.2, 0.25) is 0 Å². The number of aromatic amines is 1. The van der Waals surface area contributed by atoms with E-state index >= 15 is 0 Å². The average molecular weight is 420 g/mol. The number of hydrogen-bond acceptors (Lipinski definition) is 4. The summed E-state index contributed by atoms with van der Waals surface area (Å²) in [5, 5.41) is 6.04. The molecule has 5 rings (SSSR count). The number of methoxy groups -OCH3 is 1. The van der Waals surface area contributed by atoms with Crippen LogP contribution in [0, 0.1) is 0 Å². The van der Waals surface area contributed by atoms with Crippen molar-refractivity contribution in [3.8, 4) is 17.0 Å². The summed E-state index contributed by atoms with van der Waals surface area (Å²) in [5.41, 5.74) is 7.21. The van der Waals surface area contributed by atoms with Crippen LogP contribution in [0.3, 0.4) is 0 Å². The summed E-state index contributed by atoms with van der Waals surface area (Å²) in [5.74, 6) is 0.380. The zero-order valence-electron chi connectivity index (χ0n) is 17.4. The van der Waals surface area contributed by atoms with Crippen LogP contribution in [0.5, 0.6) is 5.75 Å². The Morgan fingerprint density at radius 1 is 0.969 bits per heavy atom. The van der Waals surface area contributed by atoms with Gasteiger partial charge in [0, 0.05) is 21.9 Å². The number of fused-ring (bicyclic) bond motifs is 3. The van der Waals surface area contributed by atoms with E-state index in [2.05, 4.69) is 20.5 Å². The number of benzene rings is 3. The third-order valence-corrected chi connectivity index (χ3v) is 5.27. The molecule has 5 aromatic rings. The third kappa shape index (κ3) is 3.70. The van der Waals surface area contributed by atoms with Gasteiger partial charge in [0.25, 0.3) is 5.91 Å². The fourth-order valence-electron chi connectivity index (χ4n) is 3.68. The minimum atomic E-state index is -0.376. The zero-order valence-corrected chi connectivity index (χ0v) is 17.4. The van der Waals surface area contributed by atoms with Crippen molar-refractivity contribution in [1.29, 1.82) is 0 Å². The van der Waals surface area contributed by atoms with E-state index in [0.717, 1.165) is 38.7 Å². The topological polar surface area (TPSA) is 79.4 Å². The Morgan fingerprint density at radius 3 is 2.50 bits per heavy atom. The molecular weight excluding hydrogens is 400 g/mol. The van der Waals surface area contributed by atoms with E-state index in [0.29, 0.717) is 11.4 Å². The molecular formula is C26H20N4O2. The van der Waals surface area contributed by atoms with Crippen LogP contribution in [0.15, 0.2) is 90.0 Å². The van der Waals surface area contributed by atoms with Crippen LogP contribution in [0.25, 0.3) is 33.1 Å². The lowest BCUT2D eigenvalue weighted by Gasteiger charge is -2.08. The van der Waals surface area contributed by atoms with Gasteiger partial charge >= 0.3 is 0 Å². The van der Waals surface area contributed by atoms with E-state index in [9.17, 15) is 4.79 Å². The minimum absolute atomic E-state index is 0.290. The number of nitrogens with zero attached hydrogens (tertiary/aromatic N) is 2. The predicted octanol–water partition coefficient (Wildman–Crippen LogP) is 5.16. The number of pyridine rings is 1. The first-order valence-corrected chi connectivity index (χ1v) is 10.2. The second-order valence-corrected chi connectivity index (χ2v) is 7.29. The molecule has 156 valence electrons. The standard InChI is InChI=1S/C26H20N4O2/c1-32-19-13-11-18(12-14-19)24-25-21(20-9-5-6-10-22(20)28-25)15-23(29-24)26(31)30-27-16-17-7-3-2-4-8-17/h2-16,28H,1H3,(H,30,31)/b27-16+. The molecule has 0 aliphatic carbocycles. The lowest BCUT2D eigenvalue weighted by Crippen LogP contribution is -2.19. The number of hydrogen-bond donors (Lipinski definition) is 2. The molecule has 32 heavy (non-hydrogen) atoms. The highest BCUT2D eigenvalue weighted by atomic mass is 16.5. The van der Waals surface area contributed by atoms with Gasteiger partial charge in [-0.25, -0.2) is 10.4 Å². The quantitative estimate of drug-likeness (QED) is 0.305. The molecule has 0 atom stereocenters. The van der Waals surface area contributed by atoms with Crippen LogP contribution in [-0.2, 0) is 0 Å². The molecule has 0 aliphatic rings. The normalized spacial score (nSPS) is 11.3. The molecule has 0 bridgehead atoms. The summed E-state index contributed by atoms with van der Waals surface area (Å²) in [4.78, 5) is 21.0. The summed E-state index contributed by atoms with van der Waals surface area (Å²) in [6.45, 7) is 0. The molecule has 0 saturated carbocycles. The number of ether oxygens (including phenoxy) is 1. The van der Waals surface area contributed by atoms with Gasteiger partial charge in [-0.2, -0.15) is 5.10 Å². The number of rotatable bonds is 5. The molecule has 2 heterocycles. The maximum absolute atomic E-state index is 12.9. The van der Waals surface area contributed by atoms with Crippen molar-refractivity contribution in [2.45, 2.75) is 0 Å². The SMILES string of the molecule is COc1ccc(-c2nc(C(=O)N/N=C/c3ccccc3)cc3c2[nH]c2ccccc23)cc1. The molecule has 1 amide bonds. The molecule has 0 fully saturated rings. The number of H-pyrrole nitrogens is 1. The van der Waals surface area contributed by atoms with Gasteiger partial charge in [0.2, 0.25) is 0 Å². The fourth-order valence-corrected chi connectivity index (χ4v) is 3.68. The first-order chi connectivity index (χ1) is 15.7. The Bertz CT molecular complexity index is 1440. The molecule has 3 aromatic carbocycles. The minimum Gasteiger partial charge on any atom is -0.497 e. The molecule has 0 saturated heterocycles. The van der Waals surface area contributed by atoms with Crippen molar-refractivity contribution in [2.24, 2.45) is 5.10 Å². The lowest BCUT2D eigenvalue weighted by atomic mass is 10.1. The fraction of sp³-hybridized carbons (Fsp3) is 0.0385. The largest absolute Gasteiger partial charge is 0.497 e. The highest BCUT2D eigenvalue weighted by Gasteiger charge is 2.17. The van der Waals surface area contributed by atoms with E-state index in [-0.39, 0.29) is 5.91 Å². The second kappa shape index (κ2) is 8.35. The van der Waals surface area contributed by atoms with Gasteiger partial charge in [0.1, 0.15) is 11.4 Å². The Morgan fingerprint density at radius 2 is 1.72 bits per heavy atom. The van der Waals surface area contributed by atoms with Gasteiger partial charge in [-0.05, 0) is 42.0 Å². The van der Waals surface area contributed by atoms with Crippen molar-refractivity contribution in [3.63, 3.8) is 0 Å². The summed E-state index contributed by atoms with van der Waals surface area (Å²) < 4.78 is 5.28. The number of nitrogens with one attached hydrogen (secondary N) is 2. The van der Waals surface area contributed by atoms with Crippen molar-refractivity contribution >= 4 is 33.9 Å². The number of aromatic nitrogens is 2. The lowest BCUT2D eigenvalue weighted by molar-refractivity contribution is 0.0950. The molecule has 2 aromatic heterocycles. The first-order valence-electron chi connectivity index (χ1n) is 10.2. The summed E-state index contributed by atoms with van der Waals surface area (Å²) >= 11 is 0. The van der Waals surface area contributed by atoms with Gasteiger partial charge < -0.3 is 9.72 Å². The van der Waals surface area contributed by atoms with E-state index in [1.807, 2.05) is 78.9 Å². The highest BCUT2D eigenvalue weighted by molar-refractivity contribution is 6.13. The summed E-state index contributed by atoms with van der Waals surface area (Å²) in [7, 11) is 1.63. The summed E-state index contributed by atoms with van der Waals surface area (Å²) in [6, 6.07) is 27.0. The van der Waals surface area contributed by atoms with Crippen molar-refractivity contribution in [1.82, 2.24) is 15.4 Å². The van der Waals surface area contributed by atoms with Gasteiger partial charge in [-0.15, -0.1) is 0 Å². The number of carbonyl (C=O) groups excluding carboxylic acids is 1. The molecule has 0 aliphatic heterocycles. The number of hydrazone groups is 1. The maximum Gasteiger partial charge on any atom is 0.289 e. The van der Waals surface area contributed by atoms with Crippen molar-refractivity contribution in [2.75, 3.05) is 7.11 Å². The third-order valence-electron chi connectivity index (χ3n) is 5.27. The second-order valence-electron chi connectivity index (χ2n) is 7.29. The smallest absolute Gasteiger partial charge is 0.289 e. The number of amides is 1. The average Bonchev–Trinajstić information content (AvgIpc) is 3.23. The van der Waals surface area contributed by atoms with E-state index in [1.54, 1.807) is 19.4 Å². The van der Waals surface area contributed by atoms with Gasteiger partial charge in [-0.1, -0.05) is 48.5 Å². The van der Waals surface area contributed by atoms with E-state index in [4.69, 9.17) is 4.74 Å². The van der Waals surface area contributed by atoms with Crippen LogP contribution >= 0.6 is 0 Å². The van der Waals surface area contributed by atoms with Crippen LogP contribution in [0.1, 0.15) is 16.1 Å². The Kier molecular flexibility index (Phi) is 5.09. The molecule has 6 heteroatoms. The Hall–Kier alpha value is -4.45. The zero-order chi connectivity index (χ0) is 21.9. The molecule has 0 radical (unpaired) electrons. The molecule has 0 spiro atoms. The Balaban J connectivity index is 1.58. The van der Waals surface area contributed by atoms with Gasteiger partial charge in [-0.3, -0.25) is 4.79 Å². The maximum atomic E-state index is 12.9. The van der Waals surface area contributed by atoms with Crippen LogP contribution < -0.4 is 10.2 Å². The number of carbonyl (C=O) groups is 1. The van der Waals surface area contributed by atoms with Crippen LogP contribution in [-0.4, -0.2) is 29.2 Å². The number of para-hydroxylation sites is 1. The van der Waals surface area contributed by atoms with Crippen LogP contribution in [0.4, 0.5) is 0 Å². The highest BCUT2D eigenvalue weighted by Crippen LogP contribution is 2.33. The monoisotopic (exact) mass is 420 g/mol. The molecule has 2 N–H and O–H groups in total. The van der Waals surface area contributed by atoms with E-state index < -0.39 is 0 Å². The Labute approximate surface area is 184 Å². The summed E-state index contributed by atoms with van der Waals surface area (Å²) in [6.07, 6.45) is 1.60. The molecule has 0 unspecified atom stereocenters. The van der Waals surface area contributed by atoms with Crippen molar-refractivity contribution < 1.29 is 9.53 Å². The van der Waals surface area contributed by atoms with Gasteiger partial charge in [0.15, 0.2) is 0 Å². The predicted molar refractivity (Wildman–Crippen MR) is 127 cm³/mol. The first kappa shape index (κ1) is 19.5. The molecule has 6 nitrogen and oxygen atoms in total. The van der Waals surface area contributed by atoms with E-state index in [1.165, 1.54) is 0 Å².